The van der Waals surface area contributed by atoms with Crippen LogP contribution in [-0.2, 0) is 0 Å². The molecule has 0 atom stereocenters. The monoisotopic (exact) mass is 158 g/mol. The number of hydrogen-bond donors (Lipinski definition) is 0. The van der Waals surface area contributed by atoms with Crippen molar-refractivity contribution in [1.29, 1.82) is 0 Å². The van der Waals surface area contributed by atoms with Crippen LogP contribution in [0.4, 0.5) is 0 Å². The topological polar surface area (TPSA) is 0 Å². The van der Waals surface area contributed by atoms with Crippen molar-refractivity contribution in [1.82, 2.24) is 0 Å². The highest BCUT2D eigenvalue weighted by atomic mass is 14.1. The molecule has 2 rings (SSSR count). The third kappa shape index (κ3) is 1.58. The predicted molar refractivity (Wildman–Crippen MR) is 52.9 cm³/mol. The van der Waals surface area contributed by atoms with Crippen molar-refractivity contribution in [3.05, 3.63) is 47.1 Å². The van der Waals surface area contributed by atoms with E-state index < -0.39 is 0 Å². The number of allylic oxidation sites excluding steroid dienone is 8. The zero-order valence-electron chi connectivity index (χ0n) is 7.51. The van der Waals surface area contributed by atoms with Gasteiger partial charge in [-0.05, 0) is 31.8 Å². The molecular weight excluding hydrogens is 144 g/mol. The van der Waals surface area contributed by atoms with Gasteiger partial charge in [-0.2, -0.15) is 0 Å². The van der Waals surface area contributed by atoms with Crippen molar-refractivity contribution >= 4 is 0 Å². The molecule has 0 heterocycles. The molecule has 0 N–H and O–H groups in total. The molecule has 2 bridgehead atoms. The van der Waals surface area contributed by atoms with Crippen molar-refractivity contribution in [3.8, 4) is 0 Å². The first-order valence-corrected chi connectivity index (χ1v) is 4.57. The average molecular weight is 158 g/mol. The summed E-state index contributed by atoms with van der Waals surface area (Å²) >= 11 is 0. The molecule has 0 radical (unpaired) electrons. The zero-order valence-corrected chi connectivity index (χ0v) is 7.51. The molecule has 0 heteroatoms. The van der Waals surface area contributed by atoms with Gasteiger partial charge in [-0.3, -0.25) is 0 Å². The SMILES string of the molecule is CC1=CC2=CC=CC=C(CC1)C2. The molecule has 0 aromatic heterocycles. The van der Waals surface area contributed by atoms with Gasteiger partial charge in [0, 0.05) is 0 Å². The van der Waals surface area contributed by atoms with Crippen LogP contribution in [0.1, 0.15) is 26.2 Å². The summed E-state index contributed by atoms with van der Waals surface area (Å²) in [6.45, 7) is 2.22. The van der Waals surface area contributed by atoms with Crippen LogP contribution in [-0.4, -0.2) is 0 Å². The normalized spacial score (nSPS) is 21.9. The Morgan fingerprint density at radius 2 is 1.92 bits per heavy atom. The highest BCUT2D eigenvalue weighted by Gasteiger charge is 2.07. The molecule has 0 aromatic carbocycles. The second-order valence-electron chi connectivity index (χ2n) is 3.62. The molecule has 0 unspecified atom stereocenters. The van der Waals surface area contributed by atoms with E-state index >= 15 is 0 Å². The Morgan fingerprint density at radius 1 is 1.08 bits per heavy atom. The van der Waals surface area contributed by atoms with Gasteiger partial charge in [-0.1, -0.05) is 41.5 Å². The zero-order chi connectivity index (χ0) is 8.39. The minimum atomic E-state index is 1.16. The van der Waals surface area contributed by atoms with Crippen LogP contribution in [0.5, 0.6) is 0 Å². The lowest BCUT2D eigenvalue weighted by molar-refractivity contribution is 0.915. The van der Waals surface area contributed by atoms with E-state index in [1.165, 1.54) is 24.0 Å². The third-order valence-electron chi connectivity index (χ3n) is 2.46. The van der Waals surface area contributed by atoms with Gasteiger partial charge in [-0.25, -0.2) is 0 Å². The van der Waals surface area contributed by atoms with Crippen molar-refractivity contribution in [2.24, 2.45) is 0 Å². The van der Waals surface area contributed by atoms with Crippen LogP contribution < -0.4 is 0 Å². The number of rotatable bonds is 0. The Bertz CT molecular complexity index is 295. The van der Waals surface area contributed by atoms with E-state index in [4.69, 9.17) is 0 Å². The Kier molecular flexibility index (Phi) is 1.99. The first-order valence-electron chi connectivity index (χ1n) is 4.57. The molecule has 12 heavy (non-hydrogen) atoms. The van der Waals surface area contributed by atoms with Crippen molar-refractivity contribution in [2.75, 3.05) is 0 Å². The van der Waals surface area contributed by atoms with Gasteiger partial charge in [0.2, 0.25) is 0 Å². The number of fused-ring (bicyclic) bond motifs is 2. The summed E-state index contributed by atoms with van der Waals surface area (Å²) in [6, 6.07) is 0. The lowest BCUT2D eigenvalue weighted by Gasteiger charge is -2.00. The van der Waals surface area contributed by atoms with E-state index in [0.717, 1.165) is 6.42 Å². The first kappa shape index (κ1) is 7.60. The van der Waals surface area contributed by atoms with Crippen molar-refractivity contribution in [2.45, 2.75) is 26.2 Å². The van der Waals surface area contributed by atoms with Crippen molar-refractivity contribution in [3.63, 3.8) is 0 Å². The Balaban J connectivity index is 2.37. The fourth-order valence-electron chi connectivity index (χ4n) is 1.77. The van der Waals surface area contributed by atoms with Gasteiger partial charge in [0.25, 0.3) is 0 Å². The molecule has 0 saturated heterocycles. The van der Waals surface area contributed by atoms with Crippen LogP contribution in [0.2, 0.25) is 0 Å². The molecular formula is C12H14. The van der Waals surface area contributed by atoms with Gasteiger partial charge >= 0.3 is 0 Å². The van der Waals surface area contributed by atoms with E-state index in [1.54, 1.807) is 5.57 Å². The summed E-state index contributed by atoms with van der Waals surface area (Å²) in [4.78, 5) is 0. The molecule has 2 aliphatic rings. The summed E-state index contributed by atoms with van der Waals surface area (Å²) in [5.41, 5.74) is 4.55. The third-order valence-corrected chi connectivity index (χ3v) is 2.46. The fourth-order valence-corrected chi connectivity index (χ4v) is 1.77. The quantitative estimate of drug-likeness (QED) is 0.506. The Hall–Kier alpha value is -1.04. The van der Waals surface area contributed by atoms with Crippen LogP contribution in [0.3, 0.4) is 0 Å². The van der Waals surface area contributed by atoms with Gasteiger partial charge in [0.1, 0.15) is 0 Å². The Labute approximate surface area is 74.0 Å². The highest BCUT2D eigenvalue weighted by Crippen LogP contribution is 2.26. The predicted octanol–water partition coefficient (Wildman–Crippen LogP) is 3.54. The van der Waals surface area contributed by atoms with Crippen LogP contribution in [0.15, 0.2) is 47.1 Å². The van der Waals surface area contributed by atoms with Gasteiger partial charge < -0.3 is 0 Å². The second-order valence-corrected chi connectivity index (χ2v) is 3.62. The molecule has 0 saturated carbocycles. The summed E-state index contributed by atoms with van der Waals surface area (Å²) < 4.78 is 0. The Morgan fingerprint density at radius 3 is 2.83 bits per heavy atom. The summed E-state index contributed by atoms with van der Waals surface area (Å²) in [5, 5.41) is 0. The van der Waals surface area contributed by atoms with Gasteiger partial charge in [0.15, 0.2) is 0 Å². The van der Waals surface area contributed by atoms with E-state index in [1.807, 2.05) is 0 Å². The molecule has 0 amide bonds. The summed E-state index contributed by atoms with van der Waals surface area (Å²) in [6.07, 6.45) is 14.7. The minimum Gasteiger partial charge on any atom is -0.0727 e. The van der Waals surface area contributed by atoms with E-state index in [-0.39, 0.29) is 0 Å². The average Bonchev–Trinajstić information content (AvgIpc) is 2.35. The summed E-state index contributed by atoms with van der Waals surface area (Å²) in [5.74, 6) is 0. The van der Waals surface area contributed by atoms with Crippen LogP contribution in [0, 0.1) is 0 Å². The lowest BCUT2D eigenvalue weighted by atomic mass is 10.1. The minimum absolute atomic E-state index is 1.16. The maximum absolute atomic E-state index is 2.33. The largest absolute Gasteiger partial charge is 0.0727 e. The molecule has 0 nitrogen and oxygen atoms in total. The molecule has 0 fully saturated rings. The molecule has 0 spiro atoms. The standard InChI is InChI=1S/C12H14/c1-10-6-7-11-4-2-3-5-12(8-10)9-11/h2-5,8H,6-7,9H2,1H3. The van der Waals surface area contributed by atoms with Crippen molar-refractivity contribution < 1.29 is 0 Å². The maximum Gasteiger partial charge on any atom is -0.00639 e. The van der Waals surface area contributed by atoms with Crippen LogP contribution in [0.25, 0.3) is 0 Å². The molecule has 2 aliphatic carbocycles. The lowest BCUT2D eigenvalue weighted by Crippen LogP contribution is -1.81. The molecule has 0 aliphatic heterocycles. The summed E-state index contributed by atoms with van der Waals surface area (Å²) in [7, 11) is 0. The maximum atomic E-state index is 2.33. The smallest absolute Gasteiger partial charge is 0.00639 e. The first-order chi connectivity index (χ1) is 5.84. The second kappa shape index (κ2) is 3.14. The van der Waals surface area contributed by atoms with Gasteiger partial charge in [0.05, 0.1) is 0 Å². The molecule has 62 valence electrons. The number of hydrogen-bond acceptors (Lipinski definition) is 0. The van der Waals surface area contributed by atoms with Crippen LogP contribution >= 0.6 is 0 Å². The highest BCUT2D eigenvalue weighted by molar-refractivity contribution is 5.38. The van der Waals surface area contributed by atoms with E-state index in [2.05, 4.69) is 37.3 Å². The van der Waals surface area contributed by atoms with E-state index in [0.29, 0.717) is 0 Å². The van der Waals surface area contributed by atoms with Gasteiger partial charge in [-0.15, -0.1) is 0 Å². The molecule has 0 aromatic rings. The van der Waals surface area contributed by atoms with E-state index in [9.17, 15) is 0 Å². The fraction of sp³-hybridized carbons (Fsp3) is 0.333.